The van der Waals surface area contributed by atoms with Gasteiger partial charge in [0, 0.05) is 11.8 Å². The van der Waals surface area contributed by atoms with E-state index in [1.54, 1.807) is 27.7 Å². The summed E-state index contributed by atoms with van der Waals surface area (Å²) < 4.78 is 15.2. The molecule has 10 heteroatoms. The maximum atomic E-state index is 9.09. The summed E-state index contributed by atoms with van der Waals surface area (Å²) in [6, 6.07) is -0.437. The summed E-state index contributed by atoms with van der Waals surface area (Å²) in [5.74, 6) is 0. The van der Waals surface area contributed by atoms with Crippen molar-refractivity contribution in [2.75, 3.05) is 0 Å². The van der Waals surface area contributed by atoms with Gasteiger partial charge in [0.2, 0.25) is 0 Å². The molecule has 1 aromatic rings. The Morgan fingerprint density at radius 3 is 1.58 bits per heavy atom. The van der Waals surface area contributed by atoms with E-state index in [4.69, 9.17) is 19.3 Å². The Morgan fingerprint density at radius 2 is 1.26 bits per heavy atom. The Bertz CT molecular complexity index is 451. The van der Waals surface area contributed by atoms with Gasteiger partial charge in [-0.25, -0.2) is 0 Å². The summed E-state index contributed by atoms with van der Waals surface area (Å²) in [5, 5.41) is 0. The van der Waals surface area contributed by atoms with E-state index in [1.165, 1.54) is 0 Å². The lowest BCUT2D eigenvalue weighted by molar-refractivity contribution is 0.192. The molecule has 0 radical (unpaired) electrons. The summed E-state index contributed by atoms with van der Waals surface area (Å²) in [7, 11) is 0. The van der Waals surface area contributed by atoms with Crippen molar-refractivity contribution < 1.29 is 23.8 Å². The van der Waals surface area contributed by atoms with Crippen molar-refractivity contribution in [3.05, 3.63) is 0 Å². The third-order valence-electron chi connectivity index (χ3n) is 1.46. The third-order valence-corrected chi connectivity index (χ3v) is 2.08. The van der Waals surface area contributed by atoms with Crippen LogP contribution in [0.2, 0.25) is 0 Å². The minimum absolute atomic E-state index is 0.0425. The molecule has 2 N–H and O–H groups in total. The lowest BCUT2D eigenvalue weighted by Gasteiger charge is -2.13. The number of nitrogens with zero attached hydrogens (tertiary/aromatic N) is 3. The van der Waals surface area contributed by atoms with Crippen LogP contribution in [0, 0.1) is 0 Å². The van der Waals surface area contributed by atoms with Gasteiger partial charge in [0.25, 0.3) is 0 Å². The van der Waals surface area contributed by atoms with Crippen molar-refractivity contribution in [2.45, 2.75) is 39.9 Å². The molecule has 8 nitrogen and oxygen atoms in total. The molecule has 0 aliphatic carbocycles. The van der Waals surface area contributed by atoms with Gasteiger partial charge in [0.05, 0.1) is 12.2 Å². The predicted molar refractivity (Wildman–Crippen MR) is 70.7 cm³/mol. The van der Waals surface area contributed by atoms with Crippen LogP contribution in [0.5, 0.6) is 18.0 Å². The zero-order chi connectivity index (χ0) is 14.6. The summed E-state index contributed by atoms with van der Waals surface area (Å²) in [6.45, 7) is 3.22. The molecule has 0 unspecified atom stereocenters. The highest BCUT2D eigenvalue weighted by molar-refractivity contribution is 8.06. The van der Waals surface area contributed by atoms with Crippen molar-refractivity contribution in [2.24, 2.45) is 0 Å². The lowest BCUT2D eigenvalue weighted by Crippen LogP contribution is -2.13. The van der Waals surface area contributed by atoms with Gasteiger partial charge in [-0.3, -0.25) is 0 Å². The molecule has 1 heterocycles. The Hall–Kier alpha value is -1.02. The number of aromatic nitrogens is 3. The molecular formula is C9H16N3O5PS. The average Bonchev–Trinajstić information content (AvgIpc) is 2.10. The second-order valence-electron chi connectivity index (χ2n) is 4.10. The number of ether oxygens (including phenoxy) is 2. The van der Waals surface area contributed by atoms with Gasteiger partial charge in [-0.15, -0.1) is 15.0 Å². The average molecular weight is 309 g/mol. The first-order valence-corrected chi connectivity index (χ1v) is 8.13. The Labute approximate surface area is 116 Å². The molecule has 0 aliphatic rings. The van der Waals surface area contributed by atoms with E-state index in [-0.39, 0.29) is 30.2 Å². The van der Waals surface area contributed by atoms with Crippen LogP contribution in [-0.2, 0) is 11.8 Å². The molecule has 0 bridgehead atoms. The minimum Gasteiger partial charge on any atom is -0.461 e. The van der Waals surface area contributed by atoms with Gasteiger partial charge in [-0.05, 0) is 27.7 Å². The standard InChI is InChI=1S/C9H16N3O5PS/c1-5(2)15-7-10-8(16-6(3)4)12-9(11-7)17-18(13,14)19/h5-6H,1-4H3,(H2,13,14,19). The van der Waals surface area contributed by atoms with Crippen molar-refractivity contribution >= 4 is 18.5 Å². The summed E-state index contributed by atoms with van der Waals surface area (Å²) in [5.41, 5.74) is 0. The quantitative estimate of drug-likeness (QED) is 0.745. The number of hydrogen-bond acceptors (Lipinski definition) is 7. The molecule has 108 valence electrons. The van der Waals surface area contributed by atoms with E-state index in [9.17, 15) is 0 Å². The van der Waals surface area contributed by atoms with Crippen LogP contribution in [0.3, 0.4) is 0 Å². The van der Waals surface area contributed by atoms with Crippen molar-refractivity contribution in [3.8, 4) is 18.0 Å². The first-order valence-electron chi connectivity index (χ1n) is 5.50. The monoisotopic (exact) mass is 309 g/mol. The van der Waals surface area contributed by atoms with E-state index in [1.807, 2.05) is 0 Å². The van der Waals surface area contributed by atoms with Crippen LogP contribution in [-0.4, -0.2) is 36.9 Å². The Morgan fingerprint density at radius 1 is 0.895 bits per heavy atom. The van der Waals surface area contributed by atoms with Crippen molar-refractivity contribution in [3.63, 3.8) is 0 Å². The van der Waals surface area contributed by atoms with E-state index in [2.05, 4.69) is 31.3 Å². The molecule has 0 fully saturated rings. The Kier molecular flexibility index (Phi) is 5.42. The van der Waals surface area contributed by atoms with Gasteiger partial charge >= 0.3 is 24.8 Å². The fraction of sp³-hybridized carbons (Fsp3) is 0.667. The van der Waals surface area contributed by atoms with E-state index >= 15 is 0 Å². The molecule has 0 amide bonds. The number of hydrogen-bond donors (Lipinski definition) is 2. The second-order valence-corrected chi connectivity index (χ2v) is 6.69. The maximum absolute atomic E-state index is 9.09. The summed E-state index contributed by atoms with van der Waals surface area (Å²) in [4.78, 5) is 29.6. The second kappa shape index (κ2) is 6.42. The molecule has 0 spiro atoms. The highest BCUT2D eigenvalue weighted by Crippen LogP contribution is 2.37. The highest BCUT2D eigenvalue weighted by Gasteiger charge is 2.17. The highest BCUT2D eigenvalue weighted by atomic mass is 32.5. The SMILES string of the molecule is CC(C)Oc1nc(OC(C)C)nc(OP(O)(O)=S)n1. The fourth-order valence-corrected chi connectivity index (χ4v) is 1.49. The zero-order valence-electron chi connectivity index (χ0n) is 11.0. The summed E-state index contributed by atoms with van der Waals surface area (Å²) in [6.07, 6.45) is -0.345. The van der Waals surface area contributed by atoms with Crippen LogP contribution in [0.1, 0.15) is 27.7 Å². The number of rotatable bonds is 6. The van der Waals surface area contributed by atoms with Gasteiger partial charge < -0.3 is 23.8 Å². The predicted octanol–water partition coefficient (Wildman–Crippen LogP) is 1.03. The summed E-state index contributed by atoms with van der Waals surface area (Å²) >= 11 is 4.35. The van der Waals surface area contributed by atoms with Crippen molar-refractivity contribution in [1.29, 1.82) is 0 Å². The zero-order valence-corrected chi connectivity index (χ0v) is 12.7. The van der Waals surface area contributed by atoms with Gasteiger partial charge in [-0.1, -0.05) is 0 Å². The van der Waals surface area contributed by atoms with E-state index in [0.717, 1.165) is 0 Å². The molecule has 0 saturated heterocycles. The van der Waals surface area contributed by atoms with Crippen LogP contribution in [0.4, 0.5) is 0 Å². The molecule has 0 aromatic carbocycles. The molecule has 19 heavy (non-hydrogen) atoms. The fourth-order valence-electron chi connectivity index (χ4n) is 0.995. The maximum Gasteiger partial charge on any atom is 0.377 e. The van der Waals surface area contributed by atoms with Crippen LogP contribution < -0.4 is 14.0 Å². The molecule has 1 rings (SSSR count). The van der Waals surface area contributed by atoms with Crippen LogP contribution in [0.15, 0.2) is 0 Å². The Balaban J connectivity index is 3.04. The van der Waals surface area contributed by atoms with Gasteiger partial charge in [0.1, 0.15) is 0 Å². The van der Waals surface area contributed by atoms with Crippen LogP contribution >= 0.6 is 6.72 Å². The van der Waals surface area contributed by atoms with Gasteiger partial charge in [0.15, 0.2) is 0 Å². The minimum atomic E-state index is -3.93. The first kappa shape index (κ1) is 16.0. The van der Waals surface area contributed by atoms with Crippen molar-refractivity contribution in [1.82, 2.24) is 15.0 Å². The molecule has 0 atom stereocenters. The first-order chi connectivity index (χ1) is 8.65. The smallest absolute Gasteiger partial charge is 0.377 e. The largest absolute Gasteiger partial charge is 0.461 e. The molecule has 0 saturated carbocycles. The molecular weight excluding hydrogens is 293 g/mol. The molecule has 1 aromatic heterocycles. The van der Waals surface area contributed by atoms with Gasteiger partial charge in [-0.2, -0.15) is 0 Å². The van der Waals surface area contributed by atoms with Crippen LogP contribution in [0.25, 0.3) is 0 Å². The third kappa shape index (κ3) is 6.63. The van der Waals surface area contributed by atoms with E-state index in [0.29, 0.717) is 0 Å². The normalized spacial score (nSPS) is 11.8. The lowest BCUT2D eigenvalue weighted by atomic mass is 10.5. The van der Waals surface area contributed by atoms with E-state index < -0.39 is 6.72 Å². The topological polar surface area (TPSA) is 107 Å². The molecule has 0 aliphatic heterocycles.